The molecular weight excluding hydrogens is 310 g/mol. The zero-order valence-corrected chi connectivity index (χ0v) is 13.2. The monoisotopic (exact) mass is 329 g/mol. The van der Waals surface area contributed by atoms with Crippen LogP contribution in [0.5, 0.6) is 0 Å². The van der Waals surface area contributed by atoms with Gasteiger partial charge in [-0.3, -0.25) is 0 Å². The summed E-state index contributed by atoms with van der Waals surface area (Å²) in [5.41, 5.74) is 1.24. The van der Waals surface area contributed by atoms with Crippen LogP contribution >= 0.6 is 27.5 Å². The van der Waals surface area contributed by atoms with Crippen molar-refractivity contribution >= 4 is 27.5 Å². The van der Waals surface area contributed by atoms with Crippen LogP contribution < -0.4 is 5.32 Å². The van der Waals surface area contributed by atoms with Crippen LogP contribution in [0.15, 0.2) is 22.7 Å². The zero-order valence-electron chi connectivity index (χ0n) is 10.9. The van der Waals surface area contributed by atoms with Gasteiger partial charge in [-0.2, -0.15) is 0 Å². The quantitative estimate of drug-likeness (QED) is 0.817. The topological polar surface area (TPSA) is 12.0 Å². The molecule has 18 heavy (non-hydrogen) atoms. The Hall–Kier alpha value is -0.0500. The van der Waals surface area contributed by atoms with Gasteiger partial charge in [-0.25, -0.2) is 0 Å². The minimum atomic E-state index is 0.807. The van der Waals surface area contributed by atoms with Crippen molar-refractivity contribution in [2.45, 2.75) is 39.2 Å². The molecule has 1 N–H and O–H groups in total. The van der Waals surface area contributed by atoms with Crippen LogP contribution in [0, 0.1) is 11.8 Å². The molecule has 1 aromatic rings. The summed E-state index contributed by atoms with van der Waals surface area (Å²) in [6, 6.07) is 5.96. The molecule has 0 amide bonds. The van der Waals surface area contributed by atoms with E-state index in [0.29, 0.717) is 0 Å². The van der Waals surface area contributed by atoms with Gasteiger partial charge in [0.15, 0.2) is 0 Å². The molecule has 1 nitrogen and oxygen atoms in total. The SMILES string of the molecule is CC1CCCC(CNCc2cc(Cl)ccc2Br)C1. The van der Waals surface area contributed by atoms with Crippen LogP contribution in [-0.4, -0.2) is 6.54 Å². The van der Waals surface area contributed by atoms with Gasteiger partial charge < -0.3 is 5.32 Å². The van der Waals surface area contributed by atoms with Gasteiger partial charge in [0.2, 0.25) is 0 Å². The molecule has 2 unspecified atom stereocenters. The van der Waals surface area contributed by atoms with Gasteiger partial charge >= 0.3 is 0 Å². The average Bonchev–Trinajstić information content (AvgIpc) is 2.34. The lowest BCUT2D eigenvalue weighted by atomic mass is 9.82. The predicted molar refractivity (Wildman–Crippen MR) is 82.0 cm³/mol. The van der Waals surface area contributed by atoms with E-state index in [4.69, 9.17) is 11.6 Å². The molecular formula is C15H21BrClN. The predicted octanol–water partition coefficient (Wildman–Crippen LogP) is 5.02. The van der Waals surface area contributed by atoms with E-state index >= 15 is 0 Å². The Bertz CT molecular complexity index is 394. The molecule has 0 aliphatic heterocycles. The molecule has 1 saturated carbocycles. The minimum absolute atomic E-state index is 0.807. The Morgan fingerprint density at radius 2 is 2.22 bits per heavy atom. The fourth-order valence-electron chi connectivity index (χ4n) is 2.83. The highest BCUT2D eigenvalue weighted by Crippen LogP contribution is 2.28. The van der Waals surface area contributed by atoms with E-state index in [1.54, 1.807) is 0 Å². The highest BCUT2D eigenvalue weighted by atomic mass is 79.9. The number of halogens is 2. The third-order valence-electron chi connectivity index (χ3n) is 3.80. The largest absolute Gasteiger partial charge is 0.312 e. The lowest BCUT2D eigenvalue weighted by Gasteiger charge is -2.26. The van der Waals surface area contributed by atoms with E-state index < -0.39 is 0 Å². The molecule has 1 fully saturated rings. The summed E-state index contributed by atoms with van der Waals surface area (Å²) in [6.07, 6.45) is 5.57. The van der Waals surface area contributed by atoms with E-state index in [2.05, 4.69) is 28.2 Å². The molecule has 0 radical (unpaired) electrons. The maximum absolute atomic E-state index is 6.01. The summed E-state index contributed by atoms with van der Waals surface area (Å²) in [6.45, 7) is 4.40. The smallest absolute Gasteiger partial charge is 0.0410 e. The standard InChI is InChI=1S/C15H21BrClN/c1-11-3-2-4-12(7-11)9-18-10-13-8-14(17)5-6-15(13)16/h5-6,8,11-12,18H,2-4,7,9-10H2,1H3. The Morgan fingerprint density at radius 1 is 1.39 bits per heavy atom. The maximum atomic E-state index is 6.01. The van der Waals surface area contributed by atoms with Crippen LogP contribution in [0.25, 0.3) is 0 Å². The Labute approximate surface area is 123 Å². The minimum Gasteiger partial charge on any atom is -0.312 e. The van der Waals surface area contributed by atoms with E-state index in [1.807, 2.05) is 18.2 Å². The molecule has 2 rings (SSSR count). The van der Waals surface area contributed by atoms with Crippen molar-refractivity contribution in [1.29, 1.82) is 0 Å². The van der Waals surface area contributed by atoms with Gasteiger partial charge in [0.05, 0.1) is 0 Å². The summed E-state index contributed by atoms with van der Waals surface area (Å²) in [4.78, 5) is 0. The average molecular weight is 331 g/mol. The summed E-state index contributed by atoms with van der Waals surface area (Å²) in [5.74, 6) is 1.76. The molecule has 0 aromatic heterocycles. The van der Waals surface area contributed by atoms with Gasteiger partial charge in [0.1, 0.15) is 0 Å². The van der Waals surface area contributed by atoms with E-state index in [9.17, 15) is 0 Å². The fourth-order valence-corrected chi connectivity index (χ4v) is 3.42. The van der Waals surface area contributed by atoms with Crippen molar-refractivity contribution < 1.29 is 0 Å². The normalized spacial score (nSPS) is 24.2. The zero-order chi connectivity index (χ0) is 13.0. The molecule has 100 valence electrons. The number of benzene rings is 1. The van der Waals surface area contributed by atoms with Crippen LogP contribution in [0.1, 0.15) is 38.2 Å². The highest BCUT2D eigenvalue weighted by Gasteiger charge is 2.18. The molecule has 0 heterocycles. The molecule has 1 aliphatic carbocycles. The summed E-state index contributed by atoms with van der Waals surface area (Å²) in [5, 5.41) is 4.38. The van der Waals surface area contributed by atoms with Crippen LogP contribution in [0.3, 0.4) is 0 Å². The second-order valence-corrected chi connectivity index (χ2v) is 6.80. The number of nitrogens with one attached hydrogen (secondary N) is 1. The van der Waals surface area contributed by atoms with Crippen molar-refractivity contribution in [3.63, 3.8) is 0 Å². The van der Waals surface area contributed by atoms with Crippen LogP contribution in [0.4, 0.5) is 0 Å². The van der Waals surface area contributed by atoms with E-state index in [1.165, 1.54) is 31.2 Å². The van der Waals surface area contributed by atoms with Gasteiger partial charge in [-0.1, -0.05) is 47.3 Å². The van der Waals surface area contributed by atoms with Crippen molar-refractivity contribution in [3.8, 4) is 0 Å². The number of rotatable bonds is 4. The van der Waals surface area contributed by atoms with Crippen molar-refractivity contribution in [1.82, 2.24) is 5.32 Å². The first-order valence-corrected chi connectivity index (χ1v) is 7.97. The molecule has 2 atom stereocenters. The molecule has 0 saturated heterocycles. The maximum Gasteiger partial charge on any atom is 0.0410 e. The lowest BCUT2D eigenvalue weighted by molar-refractivity contribution is 0.274. The van der Waals surface area contributed by atoms with Gasteiger partial charge in [-0.15, -0.1) is 0 Å². The first-order chi connectivity index (χ1) is 8.65. The molecule has 3 heteroatoms. The van der Waals surface area contributed by atoms with Gasteiger partial charge in [0, 0.05) is 16.0 Å². The Balaban J connectivity index is 1.79. The van der Waals surface area contributed by atoms with Crippen molar-refractivity contribution in [2.24, 2.45) is 11.8 Å². The summed E-state index contributed by atoms with van der Waals surface area (Å²) < 4.78 is 1.14. The van der Waals surface area contributed by atoms with Crippen LogP contribution in [0.2, 0.25) is 5.02 Å². The molecule has 1 aromatic carbocycles. The number of hydrogen-bond acceptors (Lipinski definition) is 1. The van der Waals surface area contributed by atoms with Crippen molar-refractivity contribution in [2.75, 3.05) is 6.54 Å². The fraction of sp³-hybridized carbons (Fsp3) is 0.600. The van der Waals surface area contributed by atoms with Gasteiger partial charge in [0.25, 0.3) is 0 Å². The molecule has 0 bridgehead atoms. The molecule has 0 spiro atoms. The van der Waals surface area contributed by atoms with E-state index in [-0.39, 0.29) is 0 Å². The molecule has 1 aliphatic rings. The summed E-state index contributed by atoms with van der Waals surface area (Å²) >= 11 is 9.58. The van der Waals surface area contributed by atoms with Crippen molar-refractivity contribution in [3.05, 3.63) is 33.3 Å². The third kappa shape index (κ3) is 4.25. The first-order valence-electron chi connectivity index (χ1n) is 6.80. The Kier molecular flexibility index (Phi) is 5.53. The van der Waals surface area contributed by atoms with Crippen LogP contribution in [-0.2, 0) is 6.54 Å². The van der Waals surface area contributed by atoms with E-state index in [0.717, 1.165) is 34.4 Å². The highest BCUT2D eigenvalue weighted by molar-refractivity contribution is 9.10. The first kappa shape index (κ1) is 14.4. The summed E-state index contributed by atoms with van der Waals surface area (Å²) in [7, 11) is 0. The second-order valence-electron chi connectivity index (χ2n) is 5.50. The number of hydrogen-bond donors (Lipinski definition) is 1. The lowest BCUT2D eigenvalue weighted by Crippen LogP contribution is -2.26. The second kappa shape index (κ2) is 6.93. The Morgan fingerprint density at radius 3 is 3.00 bits per heavy atom. The van der Waals surface area contributed by atoms with Gasteiger partial charge in [-0.05, 0) is 55.0 Å². The third-order valence-corrected chi connectivity index (χ3v) is 4.81.